The molecule has 1 heterocycles. The lowest BCUT2D eigenvalue weighted by atomic mass is 9.44. The standard InChI is InChI=1S/C29H44O7/c1-5-18-7-9-22-21-8-6-19-14-20(10-13-29(19,15-30)23(21)11-12-28(18,22)4)36-27-25(33)24(32)26(16(2)34-27)35-17(3)31/h5,15-16,18-27,32-33H,1,6-14H2,2-4H3/t16-,18+,19+,20+,21+,22+,23+,24-,25+,26+,27-,28-,29-/m1/s1. The predicted molar refractivity (Wildman–Crippen MR) is 133 cm³/mol. The minimum absolute atomic E-state index is 0.144. The SMILES string of the molecule is C=C[C@H]1CC[C@H]2[C@@H]3CC[C@H]4C[C@@H](O[C@H]5O[C@H](C)[C@H](OC(C)=O)[C@H](O)[C@@H]5O)CC[C@]4(C=O)[C@H]3CC[C@]12C. The highest BCUT2D eigenvalue weighted by Crippen LogP contribution is 2.67. The monoisotopic (exact) mass is 504 g/mol. The Kier molecular flexibility index (Phi) is 7.16. The Balaban J connectivity index is 1.26. The van der Waals surface area contributed by atoms with Gasteiger partial charge < -0.3 is 29.2 Å². The molecule has 0 spiro atoms. The predicted octanol–water partition coefficient (Wildman–Crippen LogP) is 3.79. The van der Waals surface area contributed by atoms with E-state index >= 15 is 0 Å². The number of hydrogen-bond acceptors (Lipinski definition) is 7. The Hall–Kier alpha value is -1.28. The van der Waals surface area contributed by atoms with Crippen molar-refractivity contribution < 1.29 is 34.0 Å². The molecular weight excluding hydrogens is 460 g/mol. The van der Waals surface area contributed by atoms with Gasteiger partial charge in [0.15, 0.2) is 12.4 Å². The highest BCUT2D eigenvalue weighted by molar-refractivity contribution is 5.66. The largest absolute Gasteiger partial charge is 0.457 e. The summed E-state index contributed by atoms with van der Waals surface area (Å²) >= 11 is 0. The smallest absolute Gasteiger partial charge is 0.303 e. The van der Waals surface area contributed by atoms with Crippen LogP contribution in [0.3, 0.4) is 0 Å². The Morgan fingerprint density at radius 1 is 1.06 bits per heavy atom. The van der Waals surface area contributed by atoms with Gasteiger partial charge in [-0.25, -0.2) is 0 Å². The Bertz CT molecular complexity index is 861. The third-order valence-electron chi connectivity index (χ3n) is 11.2. The average Bonchev–Trinajstić information content (AvgIpc) is 3.21. The second kappa shape index (κ2) is 9.79. The normalized spacial score (nSPS) is 52.4. The summed E-state index contributed by atoms with van der Waals surface area (Å²) in [6, 6.07) is 0. The summed E-state index contributed by atoms with van der Waals surface area (Å²) in [5.41, 5.74) is 0.0474. The van der Waals surface area contributed by atoms with Gasteiger partial charge in [0.05, 0.1) is 12.2 Å². The molecule has 4 aliphatic carbocycles. The van der Waals surface area contributed by atoms with E-state index in [-0.39, 0.29) is 17.4 Å². The van der Waals surface area contributed by atoms with Gasteiger partial charge in [0, 0.05) is 12.3 Å². The van der Waals surface area contributed by atoms with Crippen molar-refractivity contribution in [2.75, 3.05) is 0 Å². The lowest BCUT2D eigenvalue weighted by Gasteiger charge is -2.60. The number of allylic oxidation sites excluding steroid dienone is 1. The van der Waals surface area contributed by atoms with Crippen molar-refractivity contribution in [3.05, 3.63) is 12.7 Å². The van der Waals surface area contributed by atoms with Crippen molar-refractivity contribution in [3.63, 3.8) is 0 Å². The molecule has 5 fully saturated rings. The average molecular weight is 505 g/mol. The number of esters is 1. The van der Waals surface area contributed by atoms with Crippen LogP contribution in [0.5, 0.6) is 0 Å². The number of ether oxygens (including phenoxy) is 3. The number of aldehydes is 1. The fourth-order valence-corrected chi connectivity index (χ4v) is 9.35. The fourth-order valence-electron chi connectivity index (χ4n) is 9.35. The quantitative estimate of drug-likeness (QED) is 0.254. The van der Waals surface area contributed by atoms with Crippen LogP contribution in [-0.4, -0.2) is 59.3 Å². The van der Waals surface area contributed by atoms with Gasteiger partial charge in [-0.1, -0.05) is 13.0 Å². The van der Waals surface area contributed by atoms with Gasteiger partial charge in [0.2, 0.25) is 0 Å². The zero-order valence-corrected chi connectivity index (χ0v) is 22.0. The van der Waals surface area contributed by atoms with Crippen LogP contribution in [0.4, 0.5) is 0 Å². The molecule has 1 saturated heterocycles. The molecule has 2 N–H and O–H groups in total. The van der Waals surface area contributed by atoms with Crippen LogP contribution in [0.25, 0.3) is 0 Å². The van der Waals surface area contributed by atoms with Crippen molar-refractivity contribution in [2.45, 2.75) is 115 Å². The number of carbonyl (C=O) groups is 2. The third kappa shape index (κ3) is 4.09. The topological polar surface area (TPSA) is 102 Å². The number of aliphatic hydroxyl groups excluding tert-OH is 2. The van der Waals surface area contributed by atoms with Crippen LogP contribution in [-0.2, 0) is 23.8 Å². The van der Waals surface area contributed by atoms with E-state index in [1.165, 1.54) is 38.9 Å². The molecule has 36 heavy (non-hydrogen) atoms. The molecular formula is C29H44O7. The summed E-state index contributed by atoms with van der Waals surface area (Å²) < 4.78 is 17.2. The van der Waals surface area contributed by atoms with Gasteiger partial charge in [-0.3, -0.25) is 4.79 Å². The van der Waals surface area contributed by atoms with Crippen molar-refractivity contribution >= 4 is 12.3 Å². The zero-order valence-electron chi connectivity index (χ0n) is 22.0. The lowest BCUT2D eigenvalue weighted by Crippen LogP contribution is -2.60. The van der Waals surface area contributed by atoms with E-state index in [0.717, 1.165) is 32.1 Å². The number of rotatable bonds is 5. The molecule has 1 aliphatic heterocycles. The van der Waals surface area contributed by atoms with Crippen LogP contribution < -0.4 is 0 Å². The van der Waals surface area contributed by atoms with E-state index in [4.69, 9.17) is 14.2 Å². The first-order valence-corrected chi connectivity index (χ1v) is 14.1. The maximum absolute atomic E-state index is 12.8. The van der Waals surface area contributed by atoms with Crippen LogP contribution >= 0.6 is 0 Å². The molecule has 5 rings (SSSR count). The number of carbonyl (C=O) groups excluding carboxylic acids is 2. The lowest BCUT2D eigenvalue weighted by molar-refractivity contribution is -0.310. The third-order valence-corrected chi connectivity index (χ3v) is 11.2. The molecule has 4 saturated carbocycles. The van der Waals surface area contributed by atoms with Gasteiger partial charge in [0.1, 0.15) is 18.5 Å². The minimum Gasteiger partial charge on any atom is -0.457 e. The minimum atomic E-state index is -1.31. The molecule has 0 unspecified atom stereocenters. The molecule has 0 bridgehead atoms. The van der Waals surface area contributed by atoms with E-state index in [1.807, 2.05) is 0 Å². The maximum atomic E-state index is 12.8. The van der Waals surface area contributed by atoms with Crippen LogP contribution in [0.2, 0.25) is 0 Å². The van der Waals surface area contributed by atoms with Gasteiger partial charge in [0.25, 0.3) is 0 Å². The molecule has 0 amide bonds. The first kappa shape index (κ1) is 26.3. The first-order chi connectivity index (χ1) is 17.1. The highest BCUT2D eigenvalue weighted by atomic mass is 16.7. The molecule has 7 heteroatoms. The highest BCUT2D eigenvalue weighted by Gasteiger charge is 2.61. The van der Waals surface area contributed by atoms with Crippen molar-refractivity contribution in [1.82, 2.24) is 0 Å². The molecule has 0 aromatic rings. The van der Waals surface area contributed by atoms with Gasteiger partial charge in [-0.05, 0) is 99.7 Å². The number of fused-ring (bicyclic) bond motifs is 5. The summed E-state index contributed by atoms with van der Waals surface area (Å²) in [5.74, 6) is 2.08. The molecule has 7 nitrogen and oxygen atoms in total. The summed E-state index contributed by atoms with van der Waals surface area (Å²) in [6.07, 6.45) is 7.51. The van der Waals surface area contributed by atoms with Crippen LogP contribution in [0.15, 0.2) is 12.7 Å². The second-order valence-corrected chi connectivity index (χ2v) is 12.6. The van der Waals surface area contributed by atoms with Gasteiger partial charge in [-0.15, -0.1) is 6.58 Å². The van der Waals surface area contributed by atoms with Crippen LogP contribution in [0, 0.1) is 40.4 Å². The number of hydrogen-bond donors (Lipinski definition) is 2. The summed E-state index contributed by atoms with van der Waals surface area (Å²) in [5, 5.41) is 21.2. The molecule has 5 aliphatic rings. The molecule has 13 atom stereocenters. The van der Waals surface area contributed by atoms with Crippen molar-refractivity contribution in [3.8, 4) is 0 Å². The maximum Gasteiger partial charge on any atom is 0.303 e. The zero-order chi connectivity index (χ0) is 25.8. The molecule has 0 aromatic heterocycles. The summed E-state index contributed by atoms with van der Waals surface area (Å²) in [7, 11) is 0. The Morgan fingerprint density at radius 3 is 2.53 bits per heavy atom. The fraction of sp³-hybridized carbons (Fsp3) is 0.862. The molecule has 0 radical (unpaired) electrons. The van der Waals surface area contributed by atoms with Crippen molar-refractivity contribution in [2.24, 2.45) is 40.4 Å². The Labute approximate surface area is 214 Å². The van der Waals surface area contributed by atoms with E-state index in [1.54, 1.807) is 6.92 Å². The molecule has 202 valence electrons. The number of aliphatic hydroxyl groups is 2. The van der Waals surface area contributed by atoms with Gasteiger partial charge >= 0.3 is 5.97 Å². The second-order valence-electron chi connectivity index (χ2n) is 12.6. The van der Waals surface area contributed by atoms with E-state index in [9.17, 15) is 19.8 Å². The molecule has 0 aromatic carbocycles. The van der Waals surface area contributed by atoms with E-state index in [0.29, 0.717) is 29.1 Å². The summed E-state index contributed by atoms with van der Waals surface area (Å²) in [6.45, 7) is 9.57. The van der Waals surface area contributed by atoms with E-state index in [2.05, 4.69) is 19.6 Å². The Morgan fingerprint density at radius 2 is 1.83 bits per heavy atom. The van der Waals surface area contributed by atoms with Gasteiger partial charge in [-0.2, -0.15) is 0 Å². The van der Waals surface area contributed by atoms with Crippen LogP contribution in [0.1, 0.15) is 78.6 Å². The van der Waals surface area contributed by atoms with E-state index < -0.39 is 36.7 Å². The first-order valence-electron chi connectivity index (χ1n) is 14.1. The van der Waals surface area contributed by atoms with Crippen molar-refractivity contribution in [1.29, 1.82) is 0 Å². The summed E-state index contributed by atoms with van der Waals surface area (Å²) in [4.78, 5) is 24.2.